The molecule has 0 radical (unpaired) electrons. The Bertz CT molecular complexity index is 1870. The molecule has 2 aliphatic heterocycles. The van der Waals surface area contributed by atoms with Crippen LogP contribution in [0.2, 0.25) is 0 Å². The summed E-state index contributed by atoms with van der Waals surface area (Å²) in [5.74, 6) is 0. The van der Waals surface area contributed by atoms with Crippen molar-refractivity contribution in [3.05, 3.63) is 179 Å². The zero-order valence-electron chi connectivity index (χ0n) is 33.1. The van der Waals surface area contributed by atoms with Crippen molar-refractivity contribution in [3.63, 3.8) is 0 Å². The van der Waals surface area contributed by atoms with Gasteiger partial charge in [-0.3, -0.25) is 0 Å². The molecule has 2 fully saturated rings. The Kier molecular flexibility index (Phi) is 15.6. The first-order valence-electron chi connectivity index (χ1n) is 20.0. The van der Waals surface area contributed by atoms with Crippen LogP contribution in [-0.2, 0) is 75.7 Å². The smallest absolute Gasteiger partial charge is 0.187 e. The van der Waals surface area contributed by atoms with Gasteiger partial charge in [0.05, 0.1) is 45.7 Å². The van der Waals surface area contributed by atoms with Crippen molar-refractivity contribution in [3.8, 4) is 0 Å². The molecule has 10 nitrogen and oxygen atoms in total. The summed E-state index contributed by atoms with van der Waals surface area (Å²) >= 11 is 0. The average molecular weight is 791 g/mol. The Balaban J connectivity index is 1.17. The number of hydrogen-bond acceptors (Lipinski definition) is 10. The number of methoxy groups -OCH3 is 1. The van der Waals surface area contributed by atoms with Crippen LogP contribution >= 0.6 is 0 Å². The SMILES string of the molecule is CO[C@H]1O[C@H](C)[C@@H](O[C@@H]2O[C@H](COCc3ccccc3)[C@@H](OCc3ccccc3)[C@H](OCc3ccccc3)[C@@H]2O)[C@H](OCc2ccccc2)[C@H]1OCc1ccccc1. The van der Waals surface area contributed by atoms with E-state index in [0.29, 0.717) is 13.2 Å². The van der Waals surface area contributed by atoms with Gasteiger partial charge in [-0.25, -0.2) is 0 Å². The van der Waals surface area contributed by atoms with Crippen LogP contribution in [0.15, 0.2) is 152 Å². The molecule has 2 aliphatic rings. The minimum absolute atomic E-state index is 0.144. The highest BCUT2D eigenvalue weighted by Crippen LogP contribution is 2.35. The fourth-order valence-electron chi connectivity index (χ4n) is 7.34. The summed E-state index contributed by atoms with van der Waals surface area (Å²) in [4.78, 5) is 0. The molecule has 306 valence electrons. The third kappa shape index (κ3) is 11.5. The van der Waals surface area contributed by atoms with Gasteiger partial charge in [0.1, 0.15) is 42.7 Å². The highest BCUT2D eigenvalue weighted by atomic mass is 16.8. The Hall–Kier alpha value is -4.30. The quantitative estimate of drug-likeness (QED) is 0.0911. The fraction of sp³-hybridized carbons (Fsp3) is 0.375. The van der Waals surface area contributed by atoms with Crippen LogP contribution in [-0.4, -0.2) is 80.2 Å². The molecule has 2 heterocycles. The van der Waals surface area contributed by atoms with Crippen molar-refractivity contribution in [2.24, 2.45) is 0 Å². The molecule has 0 aromatic heterocycles. The third-order valence-corrected chi connectivity index (χ3v) is 10.4. The summed E-state index contributed by atoms with van der Waals surface area (Å²) in [6.07, 6.45) is -8.22. The van der Waals surface area contributed by atoms with E-state index in [1.54, 1.807) is 7.11 Å². The largest absolute Gasteiger partial charge is 0.385 e. The van der Waals surface area contributed by atoms with Gasteiger partial charge in [0.25, 0.3) is 0 Å². The van der Waals surface area contributed by atoms with E-state index in [1.165, 1.54) is 0 Å². The van der Waals surface area contributed by atoms with Crippen LogP contribution < -0.4 is 0 Å². The number of benzene rings is 5. The lowest BCUT2D eigenvalue weighted by Crippen LogP contribution is -2.65. The predicted octanol–water partition coefficient (Wildman–Crippen LogP) is 7.41. The molecule has 0 bridgehead atoms. The van der Waals surface area contributed by atoms with Crippen molar-refractivity contribution < 1.29 is 47.7 Å². The van der Waals surface area contributed by atoms with E-state index in [-0.39, 0.29) is 26.4 Å². The number of hydrogen-bond donors (Lipinski definition) is 1. The van der Waals surface area contributed by atoms with Crippen LogP contribution in [0.25, 0.3) is 0 Å². The monoisotopic (exact) mass is 790 g/mol. The van der Waals surface area contributed by atoms with E-state index in [0.717, 1.165) is 27.8 Å². The molecule has 58 heavy (non-hydrogen) atoms. The molecule has 10 atom stereocenters. The van der Waals surface area contributed by atoms with Crippen LogP contribution in [0.4, 0.5) is 0 Å². The Morgan fingerprint density at radius 2 is 0.845 bits per heavy atom. The van der Waals surface area contributed by atoms with Gasteiger partial charge in [-0.15, -0.1) is 0 Å². The molecule has 5 aromatic rings. The zero-order valence-corrected chi connectivity index (χ0v) is 33.1. The number of ether oxygens (including phenoxy) is 9. The summed E-state index contributed by atoms with van der Waals surface area (Å²) in [5, 5.41) is 12.3. The molecule has 0 amide bonds. The Labute approximate surface area is 341 Å². The lowest BCUT2D eigenvalue weighted by Gasteiger charge is -2.49. The van der Waals surface area contributed by atoms with E-state index >= 15 is 0 Å². The maximum absolute atomic E-state index is 12.3. The molecule has 0 spiro atoms. The van der Waals surface area contributed by atoms with Crippen molar-refractivity contribution in [1.82, 2.24) is 0 Å². The van der Waals surface area contributed by atoms with Gasteiger partial charge >= 0.3 is 0 Å². The van der Waals surface area contributed by atoms with E-state index in [1.807, 2.05) is 159 Å². The second-order valence-corrected chi connectivity index (χ2v) is 14.6. The first kappa shape index (κ1) is 41.8. The number of aliphatic hydroxyl groups is 1. The molecule has 0 saturated carbocycles. The molecule has 10 heteroatoms. The minimum Gasteiger partial charge on any atom is -0.385 e. The molecule has 0 unspecified atom stereocenters. The van der Waals surface area contributed by atoms with E-state index in [9.17, 15) is 5.11 Å². The van der Waals surface area contributed by atoms with Gasteiger partial charge in [0, 0.05) is 7.11 Å². The van der Waals surface area contributed by atoms with Crippen molar-refractivity contribution in [1.29, 1.82) is 0 Å². The van der Waals surface area contributed by atoms with Gasteiger partial charge in [-0.05, 0) is 34.7 Å². The normalized spacial score (nSPS) is 27.3. The molecule has 1 N–H and O–H groups in total. The summed E-state index contributed by atoms with van der Waals surface area (Å²) in [7, 11) is 1.59. The third-order valence-electron chi connectivity index (χ3n) is 10.4. The van der Waals surface area contributed by atoms with Crippen molar-refractivity contribution in [2.75, 3.05) is 13.7 Å². The predicted molar refractivity (Wildman–Crippen MR) is 217 cm³/mol. The molecule has 5 aromatic carbocycles. The first-order chi connectivity index (χ1) is 28.6. The molecule has 0 aliphatic carbocycles. The summed E-state index contributed by atoms with van der Waals surface area (Å²) in [6, 6.07) is 49.5. The second kappa shape index (κ2) is 21.6. The van der Waals surface area contributed by atoms with Gasteiger partial charge in [-0.2, -0.15) is 0 Å². The van der Waals surface area contributed by atoms with Crippen LogP contribution in [0.1, 0.15) is 34.7 Å². The highest BCUT2D eigenvalue weighted by molar-refractivity contribution is 5.17. The molecular formula is C48H54O10. The lowest BCUT2D eigenvalue weighted by molar-refractivity contribution is -0.367. The van der Waals surface area contributed by atoms with Gasteiger partial charge in [0.2, 0.25) is 0 Å². The van der Waals surface area contributed by atoms with E-state index in [2.05, 4.69) is 0 Å². The number of rotatable bonds is 19. The standard InChI is InChI=1S/C48H54O10/c1-34-42(45(54-31-38-24-14-6-15-25-38)46(48(50-2)56-34)55-32-39-26-16-7-17-27-39)58-47-41(49)44(53-30-37-22-12-5-13-23-37)43(52-29-36-20-10-4-11-21-36)40(57-47)33-51-28-35-18-8-3-9-19-35/h3-27,34,40-49H,28-33H2,1-2H3/t34-,40-,41+,42-,43-,44-,45+,46-,47+,48+/m1/s1. The van der Waals surface area contributed by atoms with Crippen LogP contribution in [0.3, 0.4) is 0 Å². The van der Waals surface area contributed by atoms with Gasteiger partial charge in [0.15, 0.2) is 12.6 Å². The van der Waals surface area contributed by atoms with Crippen LogP contribution in [0.5, 0.6) is 0 Å². The molecular weight excluding hydrogens is 737 g/mol. The highest BCUT2D eigenvalue weighted by Gasteiger charge is 2.53. The van der Waals surface area contributed by atoms with E-state index < -0.39 is 61.4 Å². The maximum atomic E-state index is 12.3. The summed E-state index contributed by atoms with van der Waals surface area (Å²) < 4.78 is 58.6. The topological polar surface area (TPSA) is 103 Å². The van der Waals surface area contributed by atoms with Gasteiger partial charge < -0.3 is 47.7 Å². The Morgan fingerprint density at radius 1 is 0.448 bits per heavy atom. The van der Waals surface area contributed by atoms with Crippen molar-refractivity contribution in [2.45, 2.75) is 101 Å². The van der Waals surface area contributed by atoms with E-state index in [4.69, 9.17) is 42.6 Å². The minimum atomic E-state index is -1.28. The van der Waals surface area contributed by atoms with Crippen LogP contribution in [0, 0.1) is 0 Å². The lowest BCUT2D eigenvalue weighted by atomic mass is 9.96. The molecule has 7 rings (SSSR count). The first-order valence-corrected chi connectivity index (χ1v) is 20.0. The average Bonchev–Trinajstić information content (AvgIpc) is 3.27. The zero-order chi connectivity index (χ0) is 39.9. The maximum Gasteiger partial charge on any atom is 0.187 e. The number of aliphatic hydroxyl groups excluding tert-OH is 1. The fourth-order valence-corrected chi connectivity index (χ4v) is 7.34. The summed E-state index contributed by atoms with van der Waals surface area (Å²) in [5.41, 5.74) is 4.91. The molecule has 2 saturated heterocycles. The summed E-state index contributed by atoms with van der Waals surface area (Å²) in [6.45, 7) is 3.47. The van der Waals surface area contributed by atoms with Crippen molar-refractivity contribution >= 4 is 0 Å². The van der Waals surface area contributed by atoms with Gasteiger partial charge in [-0.1, -0.05) is 152 Å². The second-order valence-electron chi connectivity index (χ2n) is 14.6. The Morgan fingerprint density at radius 3 is 1.29 bits per heavy atom.